The van der Waals surface area contributed by atoms with Gasteiger partial charge in [-0.25, -0.2) is 4.98 Å². The smallest absolute Gasteiger partial charge is 0.254 e. The number of unbranched alkanes of at least 4 members (excludes halogenated alkanes) is 1. The Labute approximate surface area is 175 Å². The van der Waals surface area contributed by atoms with E-state index in [4.69, 9.17) is 14.5 Å². The molecule has 1 unspecified atom stereocenters. The fraction of sp³-hybridized carbons (Fsp3) is 0.391. The molecule has 1 aromatic heterocycles. The zero-order chi connectivity index (χ0) is 20.2. The maximum Gasteiger partial charge on any atom is 0.254 e. The van der Waals surface area contributed by atoms with Crippen molar-refractivity contribution in [3.8, 4) is 11.5 Å². The molecule has 1 amide bonds. The number of amides is 1. The van der Waals surface area contributed by atoms with Gasteiger partial charge in [-0.1, -0.05) is 25.5 Å². The molecule has 152 valence electrons. The quantitative estimate of drug-likeness (QED) is 0.485. The molecule has 1 aliphatic heterocycles. The lowest BCUT2D eigenvalue weighted by Gasteiger charge is -2.23. The molecule has 0 N–H and O–H groups in total. The summed E-state index contributed by atoms with van der Waals surface area (Å²) in [5.41, 5.74) is 1.62. The van der Waals surface area contributed by atoms with Gasteiger partial charge in [-0.15, -0.1) is 11.3 Å². The normalized spacial score (nSPS) is 16.3. The third-order valence-corrected chi connectivity index (χ3v) is 6.41. The van der Waals surface area contributed by atoms with Crippen LogP contribution in [0.5, 0.6) is 11.5 Å². The van der Waals surface area contributed by atoms with Gasteiger partial charge < -0.3 is 14.4 Å². The second kappa shape index (κ2) is 8.82. The van der Waals surface area contributed by atoms with Crippen LogP contribution in [0.2, 0.25) is 0 Å². The number of carbonyl (C=O) groups excluding carboxylic acids is 1. The van der Waals surface area contributed by atoms with Crippen LogP contribution in [0.4, 0.5) is 0 Å². The number of ether oxygens (including phenoxy) is 2. The van der Waals surface area contributed by atoms with Gasteiger partial charge in [0.2, 0.25) is 0 Å². The molecular formula is C23H26N2O3S. The van der Waals surface area contributed by atoms with Gasteiger partial charge >= 0.3 is 0 Å². The summed E-state index contributed by atoms with van der Waals surface area (Å²) in [6.07, 6.45) is 3.99. The SMILES string of the molecule is CCCCOc1ccc(C(=O)N2CCCC2c2nc3ccccc3s2)cc1OC. The minimum Gasteiger partial charge on any atom is -0.493 e. The largest absolute Gasteiger partial charge is 0.493 e. The number of carbonyl (C=O) groups is 1. The van der Waals surface area contributed by atoms with E-state index in [0.29, 0.717) is 23.7 Å². The second-order valence-electron chi connectivity index (χ2n) is 7.24. The summed E-state index contributed by atoms with van der Waals surface area (Å²) in [5, 5.41) is 1.02. The van der Waals surface area contributed by atoms with Gasteiger partial charge in [-0.05, 0) is 49.6 Å². The van der Waals surface area contributed by atoms with Crippen molar-refractivity contribution in [3.05, 3.63) is 53.0 Å². The van der Waals surface area contributed by atoms with Crippen LogP contribution in [0.15, 0.2) is 42.5 Å². The van der Waals surface area contributed by atoms with E-state index < -0.39 is 0 Å². The van der Waals surface area contributed by atoms with E-state index in [1.807, 2.05) is 35.2 Å². The number of likely N-dealkylation sites (tertiary alicyclic amines) is 1. The summed E-state index contributed by atoms with van der Waals surface area (Å²) in [6, 6.07) is 13.6. The van der Waals surface area contributed by atoms with Gasteiger partial charge in [0, 0.05) is 12.1 Å². The molecule has 4 rings (SSSR count). The number of hydrogen-bond donors (Lipinski definition) is 0. The third-order valence-electron chi connectivity index (χ3n) is 5.28. The topological polar surface area (TPSA) is 51.7 Å². The molecule has 3 aromatic rings. The zero-order valence-electron chi connectivity index (χ0n) is 16.9. The van der Waals surface area contributed by atoms with Gasteiger partial charge in [-0.2, -0.15) is 0 Å². The van der Waals surface area contributed by atoms with Crippen LogP contribution in [-0.2, 0) is 0 Å². The maximum atomic E-state index is 13.3. The maximum absolute atomic E-state index is 13.3. The number of fused-ring (bicyclic) bond motifs is 1. The first-order valence-electron chi connectivity index (χ1n) is 10.2. The van der Waals surface area contributed by atoms with Crippen LogP contribution >= 0.6 is 11.3 Å². The highest BCUT2D eigenvalue weighted by Gasteiger charge is 2.33. The van der Waals surface area contributed by atoms with Gasteiger partial charge in [0.1, 0.15) is 5.01 Å². The van der Waals surface area contributed by atoms with Crippen LogP contribution in [0.1, 0.15) is 54.0 Å². The summed E-state index contributed by atoms with van der Waals surface area (Å²) < 4.78 is 12.4. The molecule has 0 radical (unpaired) electrons. The van der Waals surface area contributed by atoms with Crippen molar-refractivity contribution in [1.29, 1.82) is 0 Å². The highest BCUT2D eigenvalue weighted by molar-refractivity contribution is 7.18. The Hall–Kier alpha value is -2.60. The fourth-order valence-electron chi connectivity index (χ4n) is 3.71. The van der Waals surface area contributed by atoms with Crippen molar-refractivity contribution in [2.45, 2.75) is 38.6 Å². The predicted octanol–water partition coefficient (Wildman–Crippen LogP) is 5.46. The van der Waals surface area contributed by atoms with Crippen LogP contribution in [0.25, 0.3) is 10.2 Å². The number of rotatable bonds is 7. The van der Waals surface area contributed by atoms with Gasteiger partial charge in [-0.3, -0.25) is 4.79 Å². The van der Waals surface area contributed by atoms with Crippen molar-refractivity contribution in [2.75, 3.05) is 20.3 Å². The third kappa shape index (κ3) is 4.08. The first-order valence-corrected chi connectivity index (χ1v) is 11.0. The molecule has 2 aromatic carbocycles. The van der Waals surface area contributed by atoms with Crippen molar-refractivity contribution in [2.24, 2.45) is 0 Å². The van der Waals surface area contributed by atoms with Gasteiger partial charge in [0.25, 0.3) is 5.91 Å². The number of benzene rings is 2. The first kappa shape index (κ1) is 19.7. The molecule has 0 aliphatic carbocycles. The molecule has 5 nitrogen and oxygen atoms in total. The number of thiazole rings is 1. The molecule has 1 atom stereocenters. The molecule has 1 saturated heterocycles. The van der Waals surface area contributed by atoms with Crippen molar-refractivity contribution < 1.29 is 14.3 Å². The van der Waals surface area contributed by atoms with Crippen LogP contribution < -0.4 is 9.47 Å². The van der Waals surface area contributed by atoms with Crippen molar-refractivity contribution in [3.63, 3.8) is 0 Å². The van der Waals surface area contributed by atoms with Gasteiger partial charge in [0.15, 0.2) is 11.5 Å². The lowest BCUT2D eigenvalue weighted by Crippen LogP contribution is -2.30. The molecule has 6 heteroatoms. The minimum atomic E-state index is 0.0187. The van der Waals surface area contributed by atoms with Gasteiger partial charge in [0.05, 0.1) is 30.0 Å². The summed E-state index contributed by atoms with van der Waals surface area (Å²) in [4.78, 5) is 20.0. The highest BCUT2D eigenvalue weighted by atomic mass is 32.1. The lowest BCUT2D eigenvalue weighted by molar-refractivity contribution is 0.0735. The van der Waals surface area contributed by atoms with E-state index in [9.17, 15) is 4.79 Å². The first-order chi connectivity index (χ1) is 14.2. The zero-order valence-corrected chi connectivity index (χ0v) is 17.7. The minimum absolute atomic E-state index is 0.0187. The molecule has 0 bridgehead atoms. The standard InChI is InChI=1S/C23H26N2O3S/c1-3-4-14-28-19-12-11-16(15-20(19)27-2)23(26)25-13-7-9-18(25)22-24-17-8-5-6-10-21(17)29-22/h5-6,8,10-12,15,18H,3-4,7,9,13-14H2,1-2H3. The van der Waals surface area contributed by atoms with Crippen LogP contribution in [-0.4, -0.2) is 36.1 Å². The van der Waals surface area contributed by atoms with E-state index in [1.165, 1.54) is 0 Å². The molecule has 1 fully saturated rings. The van der Waals surface area contributed by atoms with E-state index in [2.05, 4.69) is 13.0 Å². The number of nitrogens with zero attached hydrogens (tertiary/aromatic N) is 2. The average Bonchev–Trinajstić information content (AvgIpc) is 3.40. The molecule has 29 heavy (non-hydrogen) atoms. The second-order valence-corrected chi connectivity index (χ2v) is 8.31. The van der Waals surface area contributed by atoms with Crippen LogP contribution in [0, 0.1) is 0 Å². The molecule has 0 spiro atoms. The summed E-state index contributed by atoms with van der Waals surface area (Å²) in [7, 11) is 1.61. The molecular weight excluding hydrogens is 384 g/mol. The Morgan fingerprint density at radius 2 is 2.10 bits per heavy atom. The number of para-hydroxylation sites is 1. The fourth-order valence-corrected chi connectivity index (χ4v) is 4.83. The van der Waals surface area contributed by atoms with Crippen molar-refractivity contribution in [1.82, 2.24) is 9.88 Å². The molecule has 0 saturated carbocycles. The summed E-state index contributed by atoms with van der Waals surface area (Å²) in [5.74, 6) is 1.30. The van der Waals surface area contributed by atoms with Crippen molar-refractivity contribution >= 4 is 27.5 Å². The Morgan fingerprint density at radius 1 is 1.24 bits per heavy atom. The van der Waals surface area contributed by atoms with E-state index in [-0.39, 0.29) is 11.9 Å². The Kier molecular flexibility index (Phi) is 6.00. The lowest BCUT2D eigenvalue weighted by atomic mass is 10.1. The van der Waals surface area contributed by atoms with E-state index >= 15 is 0 Å². The number of hydrogen-bond acceptors (Lipinski definition) is 5. The Bertz CT molecular complexity index is 968. The monoisotopic (exact) mass is 410 g/mol. The molecule has 2 heterocycles. The predicted molar refractivity (Wildman–Crippen MR) is 116 cm³/mol. The summed E-state index contributed by atoms with van der Waals surface area (Å²) >= 11 is 1.68. The number of methoxy groups -OCH3 is 1. The summed E-state index contributed by atoms with van der Waals surface area (Å²) in [6.45, 7) is 3.52. The van der Waals surface area contributed by atoms with Crippen LogP contribution in [0.3, 0.4) is 0 Å². The number of aromatic nitrogens is 1. The van der Waals surface area contributed by atoms with E-state index in [1.54, 1.807) is 24.5 Å². The Morgan fingerprint density at radius 3 is 2.90 bits per heavy atom. The Balaban J connectivity index is 1.56. The highest BCUT2D eigenvalue weighted by Crippen LogP contribution is 2.38. The molecule has 1 aliphatic rings. The average molecular weight is 411 g/mol. The van der Waals surface area contributed by atoms with E-state index in [0.717, 1.165) is 47.5 Å².